The number of fused-ring (bicyclic) bond motifs is 2. The molecule has 1 unspecified atom stereocenters. The SMILES string of the molecule is Cc1nc(Nc2ncc3c(n2)CC(c2ccc(Cl)cc2)CC3=O)nc2ccccc12. The van der Waals surface area contributed by atoms with E-state index in [0.717, 1.165) is 27.9 Å². The van der Waals surface area contributed by atoms with Crippen LogP contribution in [0.5, 0.6) is 0 Å². The van der Waals surface area contributed by atoms with Gasteiger partial charge in [0.15, 0.2) is 5.78 Å². The van der Waals surface area contributed by atoms with Gasteiger partial charge in [0.1, 0.15) is 0 Å². The van der Waals surface area contributed by atoms with Crippen LogP contribution in [0.2, 0.25) is 5.02 Å². The number of aryl methyl sites for hydroxylation is 1. The normalized spacial score (nSPS) is 15.8. The maximum Gasteiger partial charge on any atom is 0.230 e. The predicted octanol–water partition coefficient (Wildman–Crippen LogP) is 5.04. The van der Waals surface area contributed by atoms with Gasteiger partial charge in [0.2, 0.25) is 11.9 Å². The van der Waals surface area contributed by atoms with Crippen molar-refractivity contribution in [3.63, 3.8) is 0 Å². The number of hydrogen-bond donors (Lipinski definition) is 1. The average molecular weight is 416 g/mol. The molecule has 0 spiro atoms. The standard InChI is InChI=1S/C23H18ClN5O/c1-13-17-4-2-3-5-19(17)27-23(26-13)29-22-25-12-18-20(28-22)10-15(11-21(18)30)14-6-8-16(24)9-7-14/h2-9,12,15H,10-11H2,1H3,(H,25,26,27,28,29). The molecule has 1 N–H and O–H groups in total. The van der Waals surface area contributed by atoms with Crippen LogP contribution in [0.3, 0.4) is 0 Å². The lowest BCUT2D eigenvalue weighted by atomic mass is 9.82. The second-order valence-corrected chi connectivity index (χ2v) is 7.85. The van der Waals surface area contributed by atoms with E-state index in [1.165, 1.54) is 0 Å². The van der Waals surface area contributed by atoms with Crippen molar-refractivity contribution >= 4 is 40.2 Å². The number of nitrogens with one attached hydrogen (secondary N) is 1. The molecular weight excluding hydrogens is 398 g/mol. The molecule has 6 nitrogen and oxygen atoms in total. The minimum atomic E-state index is 0.0561. The van der Waals surface area contributed by atoms with Crippen LogP contribution in [0, 0.1) is 6.92 Å². The number of carbonyl (C=O) groups is 1. The molecule has 5 rings (SSSR count). The Morgan fingerprint density at radius 1 is 0.967 bits per heavy atom. The molecule has 1 aliphatic carbocycles. The molecule has 0 amide bonds. The summed E-state index contributed by atoms with van der Waals surface area (Å²) >= 11 is 6.00. The zero-order valence-corrected chi connectivity index (χ0v) is 17.0. The fraction of sp³-hybridized carbons (Fsp3) is 0.174. The minimum Gasteiger partial charge on any atom is -0.294 e. The third kappa shape index (κ3) is 3.50. The van der Waals surface area contributed by atoms with E-state index in [1.54, 1.807) is 6.20 Å². The van der Waals surface area contributed by atoms with Crippen molar-refractivity contribution in [2.45, 2.75) is 25.7 Å². The molecule has 0 bridgehead atoms. The highest BCUT2D eigenvalue weighted by atomic mass is 35.5. The van der Waals surface area contributed by atoms with Gasteiger partial charge in [0, 0.05) is 23.0 Å². The maximum atomic E-state index is 12.6. The Labute approximate surface area is 178 Å². The molecule has 4 aromatic rings. The monoisotopic (exact) mass is 415 g/mol. The first-order chi connectivity index (χ1) is 14.6. The summed E-state index contributed by atoms with van der Waals surface area (Å²) in [7, 11) is 0. The van der Waals surface area contributed by atoms with Gasteiger partial charge >= 0.3 is 0 Å². The summed E-state index contributed by atoms with van der Waals surface area (Å²) in [5.74, 6) is 0.945. The van der Waals surface area contributed by atoms with Crippen molar-refractivity contribution in [3.8, 4) is 0 Å². The lowest BCUT2D eigenvalue weighted by Gasteiger charge is -2.23. The molecule has 2 aromatic carbocycles. The Hall–Kier alpha value is -3.38. The Balaban J connectivity index is 1.45. The zero-order chi connectivity index (χ0) is 20.7. The molecule has 0 radical (unpaired) electrons. The summed E-state index contributed by atoms with van der Waals surface area (Å²) in [4.78, 5) is 30.6. The first-order valence-corrected chi connectivity index (χ1v) is 10.1. The van der Waals surface area contributed by atoms with Crippen LogP contribution in [-0.2, 0) is 6.42 Å². The third-order valence-corrected chi connectivity index (χ3v) is 5.65. The molecule has 1 aliphatic rings. The van der Waals surface area contributed by atoms with Crippen LogP contribution in [0.1, 0.15) is 39.6 Å². The number of halogens is 1. The minimum absolute atomic E-state index is 0.0561. The molecule has 1 atom stereocenters. The second kappa shape index (κ2) is 7.46. The van der Waals surface area contributed by atoms with Crippen LogP contribution < -0.4 is 5.32 Å². The lowest BCUT2D eigenvalue weighted by Crippen LogP contribution is -2.21. The van der Waals surface area contributed by atoms with Crippen molar-refractivity contribution in [3.05, 3.63) is 82.3 Å². The lowest BCUT2D eigenvalue weighted by molar-refractivity contribution is 0.0962. The second-order valence-electron chi connectivity index (χ2n) is 7.41. The van der Waals surface area contributed by atoms with E-state index in [2.05, 4.69) is 25.3 Å². The van der Waals surface area contributed by atoms with E-state index in [-0.39, 0.29) is 11.7 Å². The fourth-order valence-electron chi connectivity index (χ4n) is 3.87. The van der Waals surface area contributed by atoms with Gasteiger partial charge in [0.05, 0.1) is 22.5 Å². The van der Waals surface area contributed by atoms with E-state index < -0.39 is 0 Å². The molecule has 0 saturated carbocycles. The number of rotatable bonds is 3. The van der Waals surface area contributed by atoms with Crippen molar-refractivity contribution in [1.29, 1.82) is 0 Å². The van der Waals surface area contributed by atoms with Crippen molar-refractivity contribution < 1.29 is 4.79 Å². The molecule has 2 aromatic heterocycles. The molecule has 30 heavy (non-hydrogen) atoms. The number of ketones is 1. The topological polar surface area (TPSA) is 80.7 Å². The number of Topliss-reactive ketones (excluding diaryl/α,β-unsaturated/α-hetero) is 1. The number of hydrogen-bond acceptors (Lipinski definition) is 6. The van der Waals surface area contributed by atoms with Crippen molar-refractivity contribution in [2.75, 3.05) is 5.32 Å². The molecule has 148 valence electrons. The number of para-hydroxylation sites is 1. The molecule has 0 saturated heterocycles. The Bertz CT molecular complexity index is 1270. The molecule has 2 heterocycles. The van der Waals surface area contributed by atoms with Gasteiger partial charge in [-0.3, -0.25) is 10.1 Å². The van der Waals surface area contributed by atoms with Crippen LogP contribution in [0.25, 0.3) is 10.9 Å². The first kappa shape index (κ1) is 18.6. The molecule has 0 fully saturated rings. The van der Waals surface area contributed by atoms with E-state index in [4.69, 9.17) is 11.6 Å². The largest absolute Gasteiger partial charge is 0.294 e. The summed E-state index contributed by atoms with van der Waals surface area (Å²) < 4.78 is 0. The summed E-state index contributed by atoms with van der Waals surface area (Å²) in [6.45, 7) is 1.94. The highest BCUT2D eigenvalue weighted by Crippen LogP contribution is 2.32. The summed E-state index contributed by atoms with van der Waals surface area (Å²) in [6.07, 6.45) is 2.70. The van der Waals surface area contributed by atoms with Gasteiger partial charge < -0.3 is 0 Å². The molecule has 7 heteroatoms. The Morgan fingerprint density at radius 3 is 2.60 bits per heavy atom. The predicted molar refractivity (Wildman–Crippen MR) is 116 cm³/mol. The third-order valence-electron chi connectivity index (χ3n) is 5.40. The number of benzene rings is 2. The van der Waals surface area contributed by atoms with E-state index >= 15 is 0 Å². The molecule has 0 aliphatic heterocycles. The van der Waals surface area contributed by atoms with E-state index in [9.17, 15) is 4.79 Å². The van der Waals surface area contributed by atoms with Crippen LogP contribution in [-0.4, -0.2) is 25.7 Å². The van der Waals surface area contributed by atoms with Crippen LogP contribution >= 0.6 is 11.6 Å². The van der Waals surface area contributed by atoms with Gasteiger partial charge in [-0.25, -0.2) is 19.9 Å². The number of anilines is 2. The first-order valence-electron chi connectivity index (χ1n) is 9.72. The van der Waals surface area contributed by atoms with E-state index in [0.29, 0.717) is 35.3 Å². The quantitative estimate of drug-likeness (QED) is 0.505. The van der Waals surface area contributed by atoms with Gasteiger partial charge in [-0.05, 0) is 43.0 Å². The fourth-order valence-corrected chi connectivity index (χ4v) is 3.99. The van der Waals surface area contributed by atoms with Gasteiger partial charge in [-0.15, -0.1) is 0 Å². The molecular formula is C23H18ClN5O. The number of carbonyl (C=O) groups excluding carboxylic acids is 1. The van der Waals surface area contributed by atoms with Gasteiger partial charge in [0.25, 0.3) is 0 Å². The highest BCUT2D eigenvalue weighted by molar-refractivity contribution is 6.30. The Morgan fingerprint density at radius 2 is 1.77 bits per heavy atom. The number of aromatic nitrogens is 4. The maximum absolute atomic E-state index is 12.6. The average Bonchev–Trinajstić information content (AvgIpc) is 2.74. The van der Waals surface area contributed by atoms with Gasteiger partial charge in [-0.1, -0.05) is 41.9 Å². The van der Waals surface area contributed by atoms with E-state index in [1.807, 2.05) is 55.5 Å². The van der Waals surface area contributed by atoms with Crippen LogP contribution in [0.15, 0.2) is 54.7 Å². The van der Waals surface area contributed by atoms with Gasteiger partial charge in [-0.2, -0.15) is 0 Å². The van der Waals surface area contributed by atoms with Crippen molar-refractivity contribution in [2.24, 2.45) is 0 Å². The summed E-state index contributed by atoms with van der Waals surface area (Å²) in [6, 6.07) is 15.5. The zero-order valence-electron chi connectivity index (χ0n) is 16.3. The summed E-state index contributed by atoms with van der Waals surface area (Å²) in [5.41, 5.74) is 4.13. The Kier molecular flexibility index (Phi) is 4.64. The highest BCUT2D eigenvalue weighted by Gasteiger charge is 2.28. The van der Waals surface area contributed by atoms with Crippen molar-refractivity contribution in [1.82, 2.24) is 19.9 Å². The number of nitrogens with zero attached hydrogens (tertiary/aromatic N) is 4. The summed E-state index contributed by atoms with van der Waals surface area (Å²) in [5, 5.41) is 4.78. The smallest absolute Gasteiger partial charge is 0.230 e. The van der Waals surface area contributed by atoms with Crippen LogP contribution in [0.4, 0.5) is 11.9 Å².